The van der Waals surface area contributed by atoms with Gasteiger partial charge in [0.2, 0.25) is 0 Å². The van der Waals surface area contributed by atoms with E-state index in [0.717, 1.165) is 64.9 Å². The van der Waals surface area contributed by atoms with Crippen molar-refractivity contribution in [1.82, 2.24) is 24.8 Å². The van der Waals surface area contributed by atoms with Crippen LogP contribution in [0.4, 0.5) is 5.82 Å². The van der Waals surface area contributed by atoms with Gasteiger partial charge < -0.3 is 16.2 Å². The molecule has 5 aromatic rings. The third-order valence-corrected chi connectivity index (χ3v) is 7.79. The Kier molecular flexibility index (Phi) is 5.59. The number of nitrogen functional groups attached to an aromatic ring is 1. The number of hydrogen-bond donors (Lipinski definition) is 3. The summed E-state index contributed by atoms with van der Waals surface area (Å²) in [5, 5.41) is 12.9. The number of benzene rings is 2. The number of phenols is 1. The maximum absolute atomic E-state index is 13.0. The molecule has 7 rings (SSSR count). The topological polar surface area (TPSA) is 136 Å². The summed E-state index contributed by atoms with van der Waals surface area (Å²) < 4.78 is 2.05. The highest BCUT2D eigenvalue weighted by Gasteiger charge is 2.28. The lowest BCUT2D eigenvalue weighted by Gasteiger charge is -2.16. The second kappa shape index (κ2) is 9.30. The number of nitrogens with two attached hydrogens (primary N) is 1. The number of aromatic nitrogens is 4. The van der Waals surface area contributed by atoms with Crippen molar-refractivity contribution in [3.05, 3.63) is 94.8 Å². The summed E-state index contributed by atoms with van der Waals surface area (Å²) >= 11 is 0. The van der Waals surface area contributed by atoms with Crippen molar-refractivity contribution in [2.24, 2.45) is 0 Å². The number of phenolic OH excluding ortho intramolecular Hbond substituents is 1. The van der Waals surface area contributed by atoms with Crippen LogP contribution >= 0.6 is 0 Å². The average Bonchev–Trinajstić information content (AvgIpc) is 3.65. The molecule has 1 fully saturated rings. The van der Waals surface area contributed by atoms with Crippen LogP contribution in [0.3, 0.4) is 0 Å². The summed E-state index contributed by atoms with van der Waals surface area (Å²) in [6, 6.07) is 18.2. The lowest BCUT2D eigenvalue weighted by Crippen LogP contribution is -2.27. The number of amides is 1. The Morgan fingerprint density at radius 1 is 1.05 bits per heavy atom. The van der Waals surface area contributed by atoms with E-state index >= 15 is 0 Å². The van der Waals surface area contributed by atoms with E-state index in [2.05, 4.69) is 27.0 Å². The number of rotatable bonds is 6. The van der Waals surface area contributed by atoms with E-state index in [1.807, 2.05) is 30.3 Å². The molecule has 40 heavy (non-hydrogen) atoms. The van der Waals surface area contributed by atoms with E-state index in [4.69, 9.17) is 15.7 Å². The smallest absolute Gasteiger partial charge is 0.251 e. The molecule has 4 N–H and O–H groups in total. The molecule has 0 bridgehead atoms. The molecule has 2 aliphatic rings. The van der Waals surface area contributed by atoms with Gasteiger partial charge in [-0.15, -0.1) is 0 Å². The predicted molar refractivity (Wildman–Crippen MR) is 151 cm³/mol. The van der Waals surface area contributed by atoms with E-state index in [1.165, 1.54) is 18.2 Å². The minimum absolute atomic E-state index is 0.0835. The van der Waals surface area contributed by atoms with Crippen molar-refractivity contribution < 1.29 is 14.7 Å². The van der Waals surface area contributed by atoms with Crippen LogP contribution in [-0.4, -0.2) is 36.8 Å². The molecule has 3 heterocycles. The Balaban J connectivity index is 1.27. The molecule has 9 nitrogen and oxygen atoms in total. The zero-order valence-corrected chi connectivity index (χ0v) is 21.5. The molecular weight excluding hydrogens is 504 g/mol. The van der Waals surface area contributed by atoms with Crippen LogP contribution in [-0.2, 0) is 6.42 Å². The molecule has 0 unspecified atom stereocenters. The summed E-state index contributed by atoms with van der Waals surface area (Å²) in [6.45, 7) is 0. The molecule has 0 aliphatic heterocycles. The van der Waals surface area contributed by atoms with Crippen molar-refractivity contribution in [3.8, 4) is 22.8 Å². The highest BCUT2D eigenvalue weighted by molar-refractivity contribution is 5.96. The highest BCUT2D eigenvalue weighted by atomic mass is 16.3. The van der Waals surface area contributed by atoms with E-state index in [1.54, 1.807) is 6.20 Å². The number of nitrogens with zero attached hydrogens (tertiary/aromatic N) is 4. The van der Waals surface area contributed by atoms with Crippen molar-refractivity contribution >= 4 is 29.2 Å². The van der Waals surface area contributed by atoms with Gasteiger partial charge in [-0.05, 0) is 91.4 Å². The minimum atomic E-state index is -0.295. The van der Waals surface area contributed by atoms with Gasteiger partial charge in [-0.1, -0.05) is 6.07 Å². The van der Waals surface area contributed by atoms with Gasteiger partial charge in [-0.25, -0.2) is 15.0 Å². The number of aromatic hydroxyl groups is 1. The lowest BCUT2D eigenvalue weighted by atomic mass is 10.1. The van der Waals surface area contributed by atoms with Gasteiger partial charge in [0.25, 0.3) is 5.91 Å². The maximum Gasteiger partial charge on any atom is 0.251 e. The van der Waals surface area contributed by atoms with Crippen LogP contribution in [0.2, 0.25) is 0 Å². The first-order chi connectivity index (χ1) is 19.5. The van der Waals surface area contributed by atoms with Crippen LogP contribution < -0.4 is 11.1 Å². The van der Waals surface area contributed by atoms with Gasteiger partial charge >= 0.3 is 0 Å². The number of fused-ring (bicyclic) bond motifs is 2. The van der Waals surface area contributed by atoms with Crippen molar-refractivity contribution in [1.29, 1.82) is 0 Å². The Labute approximate surface area is 229 Å². The van der Waals surface area contributed by atoms with Crippen molar-refractivity contribution in [2.75, 3.05) is 5.73 Å². The van der Waals surface area contributed by atoms with Gasteiger partial charge in [-0.2, -0.15) is 0 Å². The monoisotopic (exact) mass is 530 g/mol. The molecule has 1 amide bonds. The third-order valence-electron chi connectivity index (χ3n) is 7.79. The number of imidazole rings is 1. The minimum Gasteiger partial charge on any atom is -0.507 e. The van der Waals surface area contributed by atoms with Crippen LogP contribution in [0.1, 0.15) is 68.8 Å². The molecule has 2 aromatic carbocycles. The van der Waals surface area contributed by atoms with Crippen LogP contribution in [0.15, 0.2) is 66.9 Å². The SMILES string of the molecule is Nc1ncccc1-c1nc2ccc(C3CC3)nc2n1-c1ccc2c(c1)CC[C@@H]2NC(=O)c1ccc(O)c(C=O)c1. The zero-order valence-electron chi connectivity index (χ0n) is 21.5. The Bertz CT molecular complexity index is 1820. The molecule has 1 atom stereocenters. The number of hydrogen-bond acceptors (Lipinski definition) is 7. The summed E-state index contributed by atoms with van der Waals surface area (Å²) in [5.74, 6) is 1.14. The van der Waals surface area contributed by atoms with Crippen LogP contribution in [0, 0.1) is 0 Å². The lowest BCUT2D eigenvalue weighted by molar-refractivity contribution is 0.0936. The zero-order chi connectivity index (χ0) is 27.4. The molecule has 3 aromatic heterocycles. The second-order valence-electron chi connectivity index (χ2n) is 10.4. The Hall–Kier alpha value is -5.05. The van der Waals surface area contributed by atoms with E-state index < -0.39 is 0 Å². The number of carbonyl (C=O) groups is 2. The second-order valence-corrected chi connectivity index (χ2v) is 10.4. The summed E-state index contributed by atoms with van der Waals surface area (Å²) in [6.07, 6.45) is 6.05. The molecule has 9 heteroatoms. The Morgan fingerprint density at radius 2 is 1.93 bits per heavy atom. The van der Waals surface area contributed by atoms with Crippen molar-refractivity contribution in [3.63, 3.8) is 0 Å². The first kappa shape index (κ1) is 24.0. The van der Waals surface area contributed by atoms with Crippen LogP contribution in [0.25, 0.3) is 28.2 Å². The largest absolute Gasteiger partial charge is 0.507 e. The first-order valence-electron chi connectivity index (χ1n) is 13.3. The summed E-state index contributed by atoms with van der Waals surface area (Å²) in [7, 11) is 0. The van der Waals surface area contributed by atoms with E-state index in [0.29, 0.717) is 29.4 Å². The molecule has 0 radical (unpaired) electrons. The standard InChI is InChI=1S/C31H26N6O3/c32-28-23(2-1-13-33-28)29-35-26-11-10-24(17-3-4-17)34-30(26)37(29)21-7-8-22-18(15-21)5-9-25(22)36-31(40)19-6-12-27(39)20(14-19)16-38/h1-2,6-8,10-17,25,39H,3-5,9H2,(H2,32,33)(H,36,40)/t25-/m0/s1. The molecular formula is C31H26N6O3. The Morgan fingerprint density at radius 3 is 2.73 bits per heavy atom. The number of carbonyl (C=O) groups excluding carboxylic acids is 2. The summed E-state index contributed by atoms with van der Waals surface area (Å²) in [5.41, 5.74) is 13.2. The van der Waals surface area contributed by atoms with Gasteiger partial charge in [0.1, 0.15) is 17.1 Å². The molecule has 198 valence electrons. The van der Waals surface area contributed by atoms with Crippen molar-refractivity contribution in [2.45, 2.75) is 37.6 Å². The number of nitrogens with one attached hydrogen (secondary N) is 1. The fourth-order valence-electron chi connectivity index (χ4n) is 5.53. The quantitative estimate of drug-likeness (QED) is 0.266. The number of anilines is 1. The number of pyridine rings is 2. The number of aryl methyl sites for hydroxylation is 1. The molecule has 0 saturated heterocycles. The first-order valence-corrected chi connectivity index (χ1v) is 13.3. The summed E-state index contributed by atoms with van der Waals surface area (Å²) in [4.78, 5) is 38.4. The fraction of sp³-hybridized carbons (Fsp3) is 0.194. The van der Waals surface area contributed by atoms with Crippen LogP contribution in [0.5, 0.6) is 5.75 Å². The van der Waals surface area contributed by atoms with Gasteiger partial charge in [0.05, 0.1) is 17.2 Å². The average molecular weight is 531 g/mol. The fourth-order valence-corrected chi connectivity index (χ4v) is 5.53. The van der Waals surface area contributed by atoms with Gasteiger partial charge in [-0.3, -0.25) is 14.2 Å². The number of aldehydes is 1. The van der Waals surface area contributed by atoms with E-state index in [9.17, 15) is 14.7 Å². The third kappa shape index (κ3) is 4.07. The normalized spacial score (nSPS) is 16.1. The molecule has 2 aliphatic carbocycles. The molecule has 0 spiro atoms. The van der Waals surface area contributed by atoms with E-state index in [-0.39, 0.29) is 23.3 Å². The molecule has 1 saturated carbocycles. The van der Waals surface area contributed by atoms with Gasteiger partial charge in [0, 0.05) is 29.1 Å². The predicted octanol–water partition coefficient (Wildman–Crippen LogP) is 4.88. The highest BCUT2D eigenvalue weighted by Crippen LogP contribution is 2.41. The maximum atomic E-state index is 13.0. The van der Waals surface area contributed by atoms with Gasteiger partial charge in [0.15, 0.2) is 17.8 Å².